The maximum absolute atomic E-state index is 5.14. The van der Waals surface area contributed by atoms with Gasteiger partial charge in [0.25, 0.3) is 0 Å². The molecule has 0 bridgehead atoms. The summed E-state index contributed by atoms with van der Waals surface area (Å²) in [6.45, 7) is 1.86. The SMILES string of the molecule is Br.COC1=CCN(Cc2ccccc2)C=C1. The van der Waals surface area contributed by atoms with Crippen LogP contribution < -0.4 is 0 Å². The molecule has 0 radical (unpaired) electrons. The van der Waals surface area contributed by atoms with Crippen molar-refractivity contribution in [2.45, 2.75) is 6.54 Å². The van der Waals surface area contributed by atoms with Crippen molar-refractivity contribution in [3.8, 4) is 0 Å². The molecule has 0 unspecified atom stereocenters. The molecule has 0 N–H and O–H groups in total. The van der Waals surface area contributed by atoms with Gasteiger partial charge in [0.2, 0.25) is 0 Å². The first-order valence-electron chi connectivity index (χ1n) is 5.09. The minimum atomic E-state index is 0. The van der Waals surface area contributed by atoms with E-state index >= 15 is 0 Å². The Hall–Kier alpha value is -1.22. The summed E-state index contributed by atoms with van der Waals surface area (Å²) >= 11 is 0. The molecule has 2 rings (SSSR count). The molecule has 86 valence electrons. The van der Waals surface area contributed by atoms with Crippen LogP contribution >= 0.6 is 17.0 Å². The predicted octanol–water partition coefficient (Wildman–Crippen LogP) is 3.12. The van der Waals surface area contributed by atoms with Crippen LogP contribution in [-0.4, -0.2) is 18.6 Å². The highest BCUT2D eigenvalue weighted by Crippen LogP contribution is 2.11. The topological polar surface area (TPSA) is 12.5 Å². The number of halogens is 1. The molecule has 16 heavy (non-hydrogen) atoms. The van der Waals surface area contributed by atoms with E-state index in [-0.39, 0.29) is 17.0 Å². The van der Waals surface area contributed by atoms with E-state index in [0.717, 1.165) is 18.8 Å². The zero-order chi connectivity index (χ0) is 10.5. The van der Waals surface area contributed by atoms with E-state index in [1.54, 1.807) is 7.11 Å². The third-order valence-electron chi connectivity index (χ3n) is 2.44. The Balaban J connectivity index is 0.00000128. The van der Waals surface area contributed by atoms with Crippen molar-refractivity contribution in [1.82, 2.24) is 4.90 Å². The van der Waals surface area contributed by atoms with Crippen LogP contribution in [0.1, 0.15) is 5.56 Å². The Morgan fingerprint density at radius 1 is 1.25 bits per heavy atom. The molecule has 2 nitrogen and oxygen atoms in total. The second kappa shape index (κ2) is 6.38. The summed E-state index contributed by atoms with van der Waals surface area (Å²) in [5.41, 5.74) is 1.33. The van der Waals surface area contributed by atoms with Crippen LogP contribution in [-0.2, 0) is 11.3 Å². The normalized spacial score (nSPS) is 14.1. The lowest BCUT2D eigenvalue weighted by atomic mass is 10.2. The number of rotatable bonds is 3. The Morgan fingerprint density at radius 3 is 2.56 bits per heavy atom. The summed E-state index contributed by atoms with van der Waals surface area (Å²) in [4.78, 5) is 2.25. The number of methoxy groups -OCH3 is 1. The van der Waals surface area contributed by atoms with Gasteiger partial charge in [-0.1, -0.05) is 30.3 Å². The van der Waals surface area contributed by atoms with Crippen molar-refractivity contribution in [2.75, 3.05) is 13.7 Å². The van der Waals surface area contributed by atoms with Gasteiger partial charge in [0.05, 0.1) is 7.11 Å². The number of benzene rings is 1. The number of allylic oxidation sites excluding steroid dienone is 1. The van der Waals surface area contributed by atoms with Crippen LogP contribution in [0, 0.1) is 0 Å². The largest absolute Gasteiger partial charge is 0.497 e. The standard InChI is InChI=1S/C13H15NO.BrH/c1-15-13-7-9-14(10-8-13)11-12-5-3-2-4-6-12;/h2-9H,10-11H2,1H3;1H. The van der Waals surface area contributed by atoms with Crippen molar-refractivity contribution in [3.63, 3.8) is 0 Å². The van der Waals surface area contributed by atoms with Gasteiger partial charge in [0.15, 0.2) is 0 Å². The Morgan fingerprint density at radius 2 is 2.00 bits per heavy atom. The minimum Gasteiger partial charge on any atom is -0.497 e. The highest BCUT2D eigenvalue weighted by molar-refractivity contribution is 8.93. The molecule has 1 aromatic rings. The molecule has 0 fully saturated rings. The van der Waals surface area contributed by atoms with Gasteiger partial charge in [-0.25, -0.2) is 0 Å². The third-order valence-corrected chi connectivity index (χ3v) is 2.44. The zero-order valence-electron chi connectivity index (χ0n) is 9.30. The molecular weight excluding hydrogens is 266 g/mol. The number of nitrogens with zero attached hydrogens (tertiary/aromatic N) is 1. The Bertz CT molecular complexity index is 373. The average Bonchev–Trinajstić information content (AvgIpc) is 2.31. The van der Waals surface area contributed by atoms with Crippen molar-refractivity contribution in [2.24, 2.45) is 0 Å². The maximum atomic E-state index is 5.14. The van der Waals surface area contributed by atoms with Crippen LogP contribution in [0.2, 0.25) is 0 Å². The summed E-state index contributed by atoms with van der Waals surface area (Å²) in [7, 11) is 1.70. The molecule has 0 aromatic heterocycles. The first-order valence-corrected chi connectivity index (χ1v) is 5.09. The summed E-state index contributed by atoms with van der Waals surface area (Å²) < 4.78 is 5.14. The number of hydrogen-bond donors (Lipinski definition) is 0. The fourth-order valence-electron chi connectivity index (χ4n) is 1.60. The monoisotopic (exact) mass is 281 g/mol. The highest BCUT2D eigenvalue weighted by Gasteiger charge is 2.04. The lowest BCUT2D eigenvalue weighted by Gasteiger charge is -2.22. The molecule has 1 aliphatic heterocycles. The Kier molecular flexibility index (Phi) is 5.12. The molecule has 0 spiro atoms. The molecule has 0 atom stereocenters. The van der Waals surface area contributed by atoms with Crippen molar-refractivity contribution in [1.29, 1.82) is 0 Å². The second-order valence-corrected chi connectivity index (χ2v) is 3.54. The van der Waals surface area contributed by atoms with Crippen molar-refractivity contribution < 1.29 is 4.74 Å². The molecule has 3 heteroatoms. The van der Waals surface area contributed by atoms with Crippen LogP contribution in [0.4, 0.5) is 0 Å². The van der Waals surface area contributed by atoms with Gasteiger partial charge in [-0.3, -0.25) is 0 Å². The third kappa shape index (κ3) is 3.42. The van der Waals surface area contributed by atoms with E-state index in [4.69, 9.17) is 4.74 Å². The Labute approximate surface area is 107 Å². The van der Waals surface area contributed by atoms with E-state index in [1.807, 2.05) is 12.1 Å². The summed E-state index contributed by atoms with van der Waals surface area (Å²) in [5.74, 6) is 0.944. The van der Waals surface area contributed by atoms with Gasteiger partial charge < -0.3 is 9.64 Å². The molecule has 0 saturated carbocycles. The summed E-state index contributed by atoms with van der Waals surface area (Å²) in [6, 6.07) is 10.5. The molecule has 0 aliphatic carbocycles. The van der Waals surface area contributed by atoms with E-state index in [1.165, 1.54) is 5.56 Å². The molecule has 0 saturated heterocycles. The van der Waals surface area contributed by atoms with Crippen LogP contribution in [0.15, 0.2) is 54.4 Å². The summed E-state index contributed by atoms with van der Waals surface area (Å²) in [6.07, 6.45) is 6.15. The maximum Gasteiger partial charge on any atom is 0.118 e. The number of ether oxygens (including phenoxy) is 1. The zero-order valence-corrected chi connectivity index (χ0v) is 11.0. The molecule has 1 heterocycles. The average molecular weight is 282 g/mol. The predicted molar refractivity (Wildman–Crippen MR) is 71.4 cm³/mol. The van der Waals surface area contributed by atoms with Crippen LogP contribution in [0.5, 0.6) is 0 Å². The van der Waals surface area contributed by atoms with E-state index in [9.17, 15) is 0 Å². The summed E-state index contributed by atoms with van der Waals surface area (Å²) in [5, 5.41) is 0. The first kappa shape index (κ1) is 12.8. The fourth-order valence-corrected chi connectivity index (χ4v) is 1.60. The van der Waals surface area contributed by atoms with Crippen molar-refractivity contribution >= 4 is 17.0 Å². The minimum absolute atomic E-state index is 0. The quantitative estimate of drug-likeness (QED) is 0.844. The molecule has 1 aromatic carbocycles. The van der Waals surface area contributed by atoms with Gasteiger partial charge in [0, 0.05) is 19.3 Å². The second-order valence-electron chi connectivity index (χ2n) is 3.54. The van der Waals surface area contributed by atoms with Gasteiger partial charge in [-0.2, -0.15) is 0 Å². The van der Waals surface area contributed by atoms with E-state index < -0.39 is 0 Å². The van der Waals surface area contributed by atoms with Gasteiger partial charge in [0.1, 0.15) is 5.76 Å². The van der Waals surface area contributed by atoms with E-state index in [2.05, 4.69) is 41.4 Å². The van der Waals surface area contributed by atoms with Crippen LogP contribution in [0.3, 0.4) is 0 Å². The van der Waals surface area contributed by atoms with Crippen LogP contribution in [0.25, 0.3) is 0 Å². The highest BCUT2D eigenvalue weighted by atomic mass is 79.9. The molecule has 0 amide bonds. The lowest BCUT2D eigenvalue weighted by Crippen LogP contribution is -2.19. The van der Waals surface area contributed by atoms with E-state index in [0.29, 0.717) is 0 Å². The lowest BCUT2D eigenvalue weighted by molar-refractivity contribution is 0.291. The smallest absolute Gasteiger partial charge is 0.118 e. The van der Waals surface area contributed by atoms with Gasteiger partial charge >= 0.3 is 0 Å². The van der Waals surface area contributed by atoms with Gasteiger partial charge in [-0.05, 0) is 17.7 Å². The van der Waals surface area contributed by atoms with Crippen molar-refractivity contribution in [3.05, 3.63) is 60.0 Å². The fraction of sp³-hybridized carbons (Fsp3) is 0.231. The first-order chi connectivity index (χ1) is 7.38. The molecule has 1 aliphatic rings. The van der Waals surface area contributed by atoms with Gasteiger partial charge in [-0.15, -0.1) is 17.0 Å². The molecular formula is C13H16BrNO. The number of hydrogen-bond acceptors (Lipinski definition) is 2.